The van der Waals surface area contributed by atoms with Crippen molar-refractivity contribution in [3.63, 3.8) is 0 Å². The highest BCUT2D eigenvalue weighted by Crippen LogP contribution is 1.99. The van der Waals surface area contributed by atoms with E-state index in [-0.39, 0.29) is 5.91 Å². The third-order valence-corrected chi connectivity index (χ3v) is 3.35. The van der Waals surface area contributed by atoms with Crippen LogP contribution in [0, 0.1) is 0 Å². The SMILES string of the molecule is CN1CCN(CCNC(=O)c2ccccc2)CC1. The fourth-order valence-corrected chi connectivity index (χ4v) is 2.09. The second-order valence-corrected chi connectivity index (χ2v) is 4.77. The van der Waals surface area contributed by atoms with Gasteiger partial charge in [-0.2, -0.15) is 0 Å². The lowest BCUT2D eigenvalue weighted by Gasteiger charge is -2.32. The second kappa shape index (κ2) is 6.52. The van der Waals surface area contributed by atoms with Gasteiger partial charge in [0, 0.05) is 44.8 Å². The van der Waals surface area contributed by atoms with Crippen LogP contribution >= 0.6 is 0 Å². The third kappa shape index (κ3) is 3.82. The Labute approximate surface area is 109 Å². The molecule has 0 bridgehead atoms. The Morgan fingerprint density at radius 2 is 1.83 bits per heavy atom. The van der Waals surface area contributed by atoms with E-state index in [9.17, 15) is 4.79 Å². The van der Waals surface area contributed by atoms with Gasteiger partial charge in [0.25, 0.3) is 5.91 Å². The number of carbonyl (C=O) groups is 1. The smallest absolute Gasteiger partial charge is 0.251 e. The molecule has 4 heteroatoms. The minimum absolute atomic E-state index is 0.0183. The molecule has 0 aliphatic carbocycles. The molecule has 1 aromatic carbocycles. The van der Waals surface area contributed by atoms with Gasteiger partial charge in [-0.05, 0) is 19.2 Å². The molecule has 1 aliphatic rings. The molecular formula is C14H21N3O. The highest BCUT2D eigenvalue weighted by molar-refractivity contribution is 5.94. The number of amides is 1. The summed E-state index contributed by atoms with van der Waals surface area (Å²) in [5, 5.41) is 2.96. The first-order chi connectivity index (χ1) is 8.75. The number of hydrogen-bond donors (Lipinski definition) is 1. The lowest BCUT2D eigenvalue weighted by atomic mass is 10.2. The zero-order chi connectivity index (χ0) is 12.8. The van der Waals surface area contributed by atoms with Gasteiger partial charge in [0.1, 0.15) is 0 Å². The quantitative estimate of drug-likeness (QED) is 0.849. The summed E-state index contributed by atoms with van der Waals surface area (Å²) in [4.78, 5) is 16.5. The summed E-state index contributed by atoms with van der Waals surface area (Å²) in [5.74, 6) is 0.0183. The number of nitrogens with zero attached hydrogens (tertiary/aromatic N) is 2. The van der Waals surface area contributed by atoms with Crippen LogP contribution in [0.1, 0.15) is 10.4 Å². The van der Waals surface area contributed by atoms with Crippen molar-refractivity contribution < 1.29 is 4.79 Å². The molecule has 0 unspecified atom stereocenters. The summed E-state index contributed by atoms with van der Waals surface area (Å²) in [7, 11) is 2.15. The highest BCUT2D eigenvalue weighted by Gasteiger charge is 2.13. The molecule has 1 fully saturated rings. The number of rotatable bonds is 4. The Bertz CT molecular complexity index is 372. The van der Waals surface area contributed by atoms with Crippen molar-refractivity contribution in [3.8, 4) is 0 Å². The molecule has 0 atom stereocenters. The molecular weight excluding hydrogens is 226 g/mol. The molecule has 18 heavy (non-hydrogen) atoms. The number of hydrogen-bond acceptors (Lipinski definition) is 3. The van der Waals surface area contributed by atoms with E-state index >= 15 is 0 Å². The van der Waals surface area contributed by atoms with E-state index < -0.39 is 0 Å². The van der Waals surface area contributed by atoms with Crippen molar-refractivity contribution in [2.45, 2.75) is 0 Å². The summed E-state index contributed by atoms with van der Waals surface area (Å²) in [5.41, 5.74) is 0.732. The Morgan fingerprint density at radius 1 is 1.17 bits per heavy atom. The van der Waals surface area contributed by atoms with Crippen molar-refractivity contribution in [2.24, 2.45) is 0 Å². The first kappa shape index (κ1) is 13.1. The molecule has 0 spiro atoms. The van der Waals surface area contributed by atoms with E-state index in [1.54, 1.807) is 0 Å². The molecule has 0 saturated carbocycles. The number of piperazine rings is 1. The summed E-state index contributed by atoms with van der Waals surface area (Å²) < 4.78 is 0. The second-order valence-electron chi connectivity index (χ2n) is 4.77. The summed E-state index contributed by atoms with van der Waals surface area (Å²) in [6.07, 6.45) is 0. The summed E-state index contributed by atoms with van der Waals surface area (Å²) in [6, 6.07) is 9.36. The van der Waals surface area contributed by atoms with Gasteiger partial charge < -0.3 is 10.2 Å². The predicted molar refractivity (Wildman–Crippen MR) is 72.7 cm³/mol. The molecule has 1 aliphatic heterocycles. The lowest BCUT2D eigenvalue weighted by molar-refractivity contribution is 0.0941. The van der Waals surface area contributed by atoms with E-state index in [0.29, 0.717) is 0 Å². The van der Waals surface area contributed by atoms with E-state index in [1.165, 1.54) is 0 Å². The van der Waals surface area contributed by atoms with Crippen LogP contribution in [-0.4, -0.2) is 62.0 Å². The minimum Gasteiger partial charge on any atom is -0.351 e. The van der Waals surface area contributed by atoms with Crippen LogP contribution in [0.2, 0.25) is 0 Å². The van der Waals surface area contributed by atoms with Gasteiger partial charge in [0.05, 0.1) is 0 Å². The van der Waals surface area contributed by atoms with Gasteiger partial charge in [-0.3, -0.25) is 9.69 Å². The predicted octanol–water partition coefficient (Wildman–Crippen LogP) is 0.664. The van der Waals surface area contributed by atoms with Gasteiger partial charge in [0.15, 0.2) is 0 Å². The Balaban J connectivity index is 1.68. The highest BCUT2D eigenvalue weighted by atomic mass is 16.1. The summed E-state index contributed by atoms with van der Waals surface area (Å²) in [6.45, 7) is 6.08. The van der Waals surface area contributed by atoms with Crippen LogP contribution in [0.4, 0.5) is 0 Å². The zero-order valence-electron chi connectivity index (χ0n) is 10.9. The first-order valence-corrected chi connectivity index (χ1v) is 6.50. The minimum atomic E-state index is 0.0183. The molecule has 4 nitrogen and oxygen atoms in total. The zero-order valence-corrected chi connectivity index (χ0v) is 10.9. The van der Waals surface area contributed by atoms with Gasteiger partial charge in [-0.15, -0.1) is 0 Å². The summed E-state index contributed by atoms with van der Waals surface area (Å²) >= 11 is 0. The molecule has 0 aromatic heterocycles. The van der Waals surface area contributed by atoms with Gasteiger partial charge >= 0.3 is 0 Å². The normalized spacial score (nSPS) is 17.6. The molecule has 2 rings (SSSR count). The first-order valence-electron chi connectivity index (χ1n) is 6.50. The van der Waals surface area contributed by atoms with Crippen LogP contribution in [0.15, 0.2) is 30.3 Å². The lowest BCUT2D eigenvalue weighted by Crippen LogP contribution is -2.46. The van der Waals surface area contributed by atoms with Crippen LogP contribution in [0.5, 0.6) is 0 Å². The molecule has 1 saturated heterocycles. The number of carbonyl (C=O) groups excluding carboxylic acids is 1. The van der Waals surface area contributed by atoms with Gasteiger partial charge in [-0.25, -0.2) is 0 Å². The van der Waals surface area contributed by atoms with E-state index in [2.05, 4.69) is 22.2 Å². The molecule has 1 N–H and O–H groups in total. The van der Waals surface area contributed by atoms with E-state index in [0.717, 1.165) is 44.8 Å². The van der Waals surface area contributed by atoms with Gasteiger partial charge in [0.2, 0.25) is 0 Å². The Kier molecular flexibility index (Phi) is 4.73. The van der Waals surface area contributed by atoms with Crippen molar-refractivity contribution in [1.29, 1.82) is 0 Å². The van der Waals surface area contributed by atoms with Crippen molar-refractivity contribution in [3.05, 3.63) is 35.9 Å². The standard InChI is InChI=1S/C14H21N3O/c1-16-9-11-17(12-10-16)8-7-15-14(18)13-5-3-2-4-6-13/h2-6H,7-12H2,1H3,(H,15,18). The van der Waals surface area contributed by atoms with Crippen molar-refractivity contribution >= 4 is 5.91 Å². The van der Waals surface area contributed by atoms with E-state index in [1.807, 2.05) is 30.3 Å². The van der Waals surface area contributed by atoms with Crippen LogP contribution in [0.3, 0.4) is 0 Å². The molecule has 1 aromatic rings. The largest absolute Gasteiger partial charge is 0.351 e. The fraction of sp³-hybridized carbons (Fsp3) is 0.500. The number of benzene rings is 1. The monoisotopic (exact) mass is 247 g/mol. The maximum atomic E-state index is 11.8. The molecule has 98 valence electrons. The average molecular weight is 247 g/mol. The Hall–Kier alpha value is -1.39. The van der Waals surface area contributed by atoms with Crippen molar-refractivity contribution in [2.75, 3.05) is 46.3 Å². The maximum absolute atomic E-state index is 11.8. The number of nitrogens with one attached hydrogen (secondary N) is 1. The average Bonchev–Trinajstić information content (AvgIpc) is 2.42. The van der Waals surface area contributed by atoms with E-state index in [4.69, 9.17) is 0 Å². The molecule has 1 amide bonds. The van der Waals surface area contributed by atoms with Crippen LogP contribution in [0.25, 0.3) is 0 Å². The molecule has 1 heterocycles. The number of likely N-dealkylation sites (N-methyl/N-ethyl adjacent to an activating group) is 1. The van der Waals surface area contributed by atoms with Gasteiger partial charge in [-0.1, -0.05) is 18.2 Å². The molecule has 0 radical (unpaired) electrons. The van der Waals surface area contributed by atoms with Crippen molar-refractivity contribution in [1.82, 2.24) is 15.1 Å². The maximum Gasteiger partial charge on any atom is 0.251 e. The third-order valence-electron chi connectivity index (χ3n) is 3.35. The topological polar surface area (TPSA) is 35.6 Å². The van der Waals surface area contributed by atoms with Crippen LogP contribution in [-0.2, 0) is 0 Å². The van der Waals surface area contributed by atoms with Crippen LogP contribution < -0.4 is 5.32 Å². The fourth-order valence-electron chi connectivity index (χ4n) is 2.09. The Morgan fingerprint density at radius 3 is 2.50 bits per heavy atom.